The summed E-state index contributed by atoms with van der Waals surface area (Å²) in [5, 5.41) is 10.1. The summed E-state index contributed by atoms with van der Waals surface area (Å²) in [5.74, 6) is -0.308. The van der Waals surface area contributed by atoms with Crippen LogP contribution >= 0.6 is 0 Å². The number of carbonyl (C=O) groups excluding carboxylic acids is 2. The van der Waals surface area contributed by atoms with Gasteiger partial charge in [0.2, 0.25) is 0 Å². The fourth-order valence-corrected chi connectivity index (χ4v) is 1.34. The highest BCUT2D eigenvalue weighted by molar-refractivity contribution is 6.05. The molecule has 1 rings (SSSR count). The molecule has 20 heavy (non-hydrogen) atoms. The van der Waals surface area contributed by atoms with E-state index in [9.17, 15) is 9.59 Å². The van der Waals surface area contributed by atoms with E-state index in [1.807, 2.05) is 13.8 Å². The standard InChI is InChI=1S/C14H18N2O4/c1-9(2)8-20-14(18)16-12(15)10-4-6-11(7-5-10)13(17)19-3/h4-7,9H,8H2,1-3H3,(H2,15,16,18). The minimum absolute atomic E-state index is 0.0878. The predicted octanol–water partition coefficient (Wildman–Crippen LogP) is 2.18. The lowest BCUT2D eigenvalue weighted by molar-refractivity contribution is 0.0600. The Balaban J connectivity index is 2.59. The van der Waals surface area contributed by atoms with Crippen molar-refractivity contribution < 1.29 is 19.1 Å². The van der Waals surface area contributed by atoms with Gasteiger partial charge in [-0.3, -0.25) is 10.7 Å². The Kier molecular flexibility index (Phi) is 5.71. The van der Waals surface area contributed by atoms with Crippen LogP contribution in [0.25, 0.3) is 0 Å². The molecule has 0 fully saturated rings. The predicted molar refractivity (Wildman–Crippen MR) is 73.9 cm³/mol. The Labute approximate surface area is 117 Å². The molecule has 2 N–H and O–H groups in total. The molecule has 0 spiro atoms. The van der Waals surface area contributed by atoms with Gasteiger partial charge in [0.15, 0.2) is 0 Å². The van der Waals surface area contributed by atoms with E-state index in [0.29, 0.717) is 17.7 Å². The molecule has 0 heterocycles. The third-order valence-corrected chi connectivity index (χ3v) is 2.37. The Morgan fingerprint density at radius 1 is 1.20 bits per heavy atom. The van der Waals surface area contributed by atoms with Crippen molar-refractivity contribution >= 4 is 17.9 Å². The normalized spacial score (nSPS) is 10.0. The largest absolute Gasteiger partial charge is 0.465 e. The smallest absolute Gasteiger partial charge is 0.412 e. The third kappa shape index (κ3) is 4.72. The topological polar surface area (TPSA) is 88.5 Å². The van der Waals surface area contributed by atoms with Crippen LogP contribution in [0.5, 0.6) is 0 Å². The molecule has 0 aliphatic carbocycles. The van der Waals surface area contributed by atoms with Crippen molar-refractivity contribution in [2.24, 2.45) is 5.92 Å². The molecular weight excluding hydrogens is 260 g/mol. The maximum absolute atomic E-state index is 11.4. The van der Waals surface area contributed by atoms with Crippen LogP contribution in [-0.2, 0) is 9.47 Å². The lowest BCUT2D eigenvalue weighted by atomic mass is 10.1. The number of esters is 1. The van der Waals surface area contributed by atoms with Crippen molar-refractivity contribution in [2.75, 3.05) is 13.7 Å². The van der Waals surface area contributed by atoms with Crippen molar-refractivity contribution in [2.45, 2.75) is 13.8 Å². The number of alkyl carbamates (subject to hydrolysis) is 1. The number of rotatable bonds is 4. The molecule has 1 aromatic carbocycles. The molecule has 6 nitrogen and oxygen atoms in total. The summed E-state index contributed by atoms with van der Waals surface area (Å²) >= 11 is 0. The number of carbonyl (C=O) groups is 2. The molecule has 1 aromatic rings. The molecule has 6 heteroatoms. The molecule has 1 amide bonds. The molecule has 0 saturated carbocycles. The lowest BCUT2D eigenvalue weighted by Crippen LogP contribution is -2.31. The molecule has 0 atom stereocenters. The minimum Gasteiger partial charge on any atom is -0.465 e. The number of hydrogen-bond acceptors (Lipinski definition) is 5. The van der Waals surface area contributed by atoms with Gasteiger partial charge in [-0.15, -0.1) is 0 Å². The van der Waals surface area contributed by atoms with E-state index in [2.05, 4.69) is 10.1 Å². The van der Waals surface area contributed by atoms with Gasteiger partial charge in [-0.05, 0) is 18.1 Å². The van der Waals surface area contributed by atoms with E-state index in [4.69, 9.17) is 10.1 Å². The number of nitrogens with one attached hydrogen (secondary N) is 2. The maximum Gasteiger partial charge on any atom is 0.412 e. The molecule has 0 aromatic heterocycles. The van der Waals surface area contributed by atoms with E-state index in [1.54, 1.807) is 12.1 Å². The highest BCUT2D eigenvalue weighted by atomic mass is 16.5. The van der Waals surface area contributed by atoms with Crippen molar-refractivity contribution in [3.8, 4) is 0 Å². The monoisotopic (exact) mass is 278 g/mol. The number of benzene rings is 1. The van der Waals surface area contributed by atoms with E-state index < -0.39 is 12.1 Å². The van der Waals surface area contributed by atoms with Crippen LogP contribution in [0, 0.1) is 11.3 Å². The van der Waals surface area contributed by atoms with Crippen LogP contribution in [0.15, 0.2) is 24.3 Å². The van der Waals surface area contributed by atoms with Crippen LogP contribution in [0.1, 0.15) is 29.8 Å². The molecule has 0 saturated heterocycles. The van der Waals surface area contributed by atoms with Crippen LogP contribution < -0.4 is 5.32 Å². The average molecular weight is 278 g/mol. The number of hydrogen-bond donors (Lipinski definition) is 2. The van der Waals surface area contributed by atoms with Crippen molar-refractivity contribution in [3.63, 3.8) is 0 Å². The maximum atomic E-state index is 11.4. The van der Waals surface area contributed by atoms with Gasteiger partial charge in [0.05, 0.1) is 19.3 Å². The summed E-state index contributed by atoms with van der Waals surface area (Å²) < 4.78 is 9.48. The van der Waals surface area contributed by atoms with Gasteiger partial charge >= 0.3 is 12.1 Å². The minimum atomic E-state index is -0.666. The van der Waals surface area contributed by atoms with Crippen LogP contribution in [0.4, 0.5) is 4.79 Å². The molecule has 0 radical (unpaired) electrons. The summed E-state index contributed by atoms with van der Waals surface area (Å²) in [6, 6.07) is 6.16. The summed E-state index contributed by atoms with van der Waals surface area (Å²) in [6.45, 7) is 4.13. The first-order valence-corrected chi connectivity index (χ1v) is 6.15. The number of amidine groups is 1. The van der Waals surface area contributed by atoms with Crippen LogP contribution in [0.2, 0.25) is 0 Å². The molecule has 0 aliphatic rings. The number of ether oxygens (including phenoxy) is 2. The Morgan fingerprint density at radius 3 is 2.25 bits per heavy atom. The van der Waals surface area contributed by atoms with Gasteiger partial charge in [0.1, 0.15) is 5.84 Å². The van der Waals surface area contributed by atoms with E-state index in [0.717, 1.165) is 0 Å². The zero-order chi connectivity index (χ0) is 15.1. The average Bonchev–Trinajstić information content (AvgIpc) is 2.44. The zero-order valence-corrected chi connectivity index (χ0v) is 11.7. The third-order valence-electron chi connectivity index (χ3n) is 2.37. The second kappa shape index (κ2) is 7.28. The first-order valence-electron chi connectivity index (χ1n) is 6.15. The highest BCUT2D eigenvalue weighted by Crippen LogP contribution is 2.06. The molecule has 0 unspecified atom stereocenters. The van der Waals surface area contributed by atoms with Crippen molar-refractivity contribution in [1.29, 1.82) is 5.41 Å². The molecule has 0 aliphatic heterocycles. The van der Waals surface area contributed by atoms with Crippen molar-refractivity contribution in [3.05, 3.63) is 35.4 Å². The van der Waals surface area contributed by atoms with Crippen LogP contribution in [-0.4, -0.2) is 31.6 Å². The first kappa shape index (κ1) is 15.7. The molecule has 0 bridgehead atoms. The van der Waals surface area contributed by atoms with E-state index in [1.165, 1.54) is 19.2 Å². The van der Waals surface area contributed by atoms with Gasteiger partial charge < -0.3 is 9.47 Å². The second-order valence-corrected chi connectivity index (χ2v) is 4.56. The lowest BCUT2D eigenvalue weighted by Gasteiger charge is -2.09. The Hall–Kier alpha value is -2.37. The number of methoxy groups -OCH3 is 1. The van der Waals surface area contributed by atoms with E-state index in [-0.39, 0.29) is 11.8 Å². The highest BCUT2D eigenvalue weighted by Gasteiger charge is 2.10. The van der Waals surface area contributed by atoms with Crippen molar-refractivity contribution in [1.82, 2.24) is 5.32 Å². The van der Waals surface area contributed by atoms with Gasteiger partial charge in [0, 0.05) is 5.56 Å². The Bertz CT molecular complexity index is 494. The van der Waals surface area contributed by atoms with Gasteiger partial charge in [0.25, 0.3) is 0 Å². The SMILES string of the molecule is COC(=O)c1ccc(C(=N)NC(=O)OCC(C)C)cc1. The van der Waals surface area contributed by atoms with Gasteiger partial charge in [-0.25, -0.2) is 9.59 Å². The quantitative estimate of drug-likeness (QED) is 0.502. The molecule has 108 valence electrons. The van der Waals surface area contributed by atoms with E-state index >= 15 is 0 Å². The zero-order valence-electron chi connectivity index (χ0n) is 11.7. The fourth-order valence-electron chi connectivity index (χ4n) is 1.34. The fraction of sp³-hybridized carbons (Fsp3) is 0.357. The first-order chi connectivity index (χ1) is 9.43. The number of amides is 1. The Morgan fingerprint density at radius 2 is 1.75 bits per heavy atom. The van der Waals surface area contributed by atoms with Gasteiger partial charge in [-0.2, -0.15) is 0 Å². The second-order valence-electron chi connectivity index (χ2n) is 4.56. The summed E-state index contributed by atoms with van der Waals surface area (Å²) in [7, 11) is 1.30. The molecular formula is C14H18N2O4. The summed E-state index contributed by atoms with van der Waals surface area (Å²) in [6.07, 6.45) is -0.666. The summed E-state index contributed by atoms with van der Waals surface area (Å²) in [5.41, 5.74) is 0.852. The van der Waals surface area contributed by atoms with Gasteiger partial charge in [-0.1, -0.05) is 26.0 Å². The summed E-state index contributed by atoms with van der Waals surface area (Å²) in [4.78, 5) is 22.7. The van der Waals surface area contributed by atoms with Crippen LogP contribution in [0.3, 0.4) is 0 Å².